The Balaban J connectivity index is 0.000000101. The van der Waals surface area contributed by atoms with Crippen molar-refractivity contribution in [2.75, 3.05) is 0 Å². The molecule has 0 aliphatic heterocycles. The Morgan fingerprint density at radius 2 is 0.557 bits per heavy atom. The van der Waals surface area contributed by atoms with Crippen LogP contribution in [0, 0.1) is 0 Å². The second-order valence-corrected chi connectivity index (χ2v) is 34.4. The van der Waals surface area contributed by atoms with Gasteiger partial charge in [-0.05, 0) is 203 Å². The summed E-state index contributed by atoms with van der Waals surface area (Å²) in [4.78, 5) is 15.4. The molecule has 14 aromatic carbocycles. The van der Waals surface area contributed by atoms with Crippen LogP contribution in [0.25, 0.3) is 183 Å². The molecule has 9 heterocycles. The highest BCUT2D eigenvalue weighted by atomic mass is 15.3. The van der Waals surface area contributed by atoms with Crippen molar-refractivity contribution < 1.29 is 0 Å². The van der Waals surface area contributed by atoms with Crippen LogP contribution in [-0.4, -0.2) is 55.6 Å². The zero-order valence-corrected chi connectivity index (χ0v) is 67.0. The molecule has 0 saturated carbocycles. The van der Waals surface area contributed by atoms with Crippen LogP contribution in [0.4, 0.5) is 0 Å². The van der Waals surface area contributed by atoms with Crippen molar-refractivity contribution in [2.45, 2.75) is 105 Å². The standard InChI is InChI=1S/2C29H24N4.C28H25N.C17H17N3/c1-29(2,3)33-23-14-8-7-13-20(23)21-17-18-22-27(26(21)33)32-25-16-10-9-15-24(25)31(28(32)30-22)19-11-5-4-6-12-19;1-29(2,3)33-22-14-8-7-13-20(22)21-17-18-25-26(27(21)33)30-28-31(19-11-5-4-6-12-19)23-15-9-10-16-24(23)32(25)28;1-28(2,3)29-26-22(20-12-6-4-7-13-20)16-10-18-24(26)25-19-11-17-23(27(25)29)21-14-8-5-9-15-21;1-17(2,3)20-15-11-7-6-10-14(15)19-13-9-5-4-8-12(13)18-16(19)20/h2*4-18H,1-3H3;4-19H,1-3H3;4-11H,1-3H3. The fraction of sp³-hybridized carbons (Fsp3) is 0.155. The van der Waals surface area contributed by atoms with E-state index in [0.29, 0.717) is 0 Å². The van der Waals surface area contributed by atoms with Gasteiger partial charge in [0.25, 0.3) is 0 Å². The van der Waals surface area contributed by atoms with Gasteiger partial charge in [0.15, 0.2) is 0 Å². The number of hydrogen-bond acceptors (Lipinski definition) is 3. The lowest BCUT2D eigenvalue weighted by Gasteiger charge is -2.26. The Morgan fingerprint density at radius 1 is 0.200 bits per heavy atom. The highest BCUT2D eigenvalue weighted by Crippen LogP contribution is 2.46. The zero-order chi connectivity index (χ0) is 78.6. The minimum absolute atomic E-state index is 0.00820. The van der Waals surface area contributed by atoms with Gasteiger partial charge in [0, 0.05) is 88.0 Å². The monoisotopic (exact) mass is 1490 g/mol. The van der Waals surface area contributed by atoms with Crippen molar-refractivity contribution in [1.29, 1.82) is 0 Å². The fourth-order valence-corrected chi connectivity index (χ4v) is 18.4. The normalized spacial score (nSPS) is 12.5. The number of rotatable bonds is 4. The summed E-state index contributed by atoms with van der Waals surface area (Å²) in [6, 6.07) is 116. The lowest BCUT2D eigenvalue weighted by molar-refractivity contribution is 0.419. The van der Waals surface area contributed by atoms with Crippen LogP contribution in [-0.2, 0) is 22.2 Å². The first-order chi connectivity index (χ1) is 55.7. The molecule has 562 valence electrons. The van der Waals surface area contributed by atoms with Crippen LogP contribution in [0.5, 0.6) is 0 Å². The number of fused-ring (bicyclic) bond motifs is 26. The summed E-state index contributed by atoms with van der Waals surface area (Å²) >= 11 is 0. The molecule has 0 aliphatic rings. The third-order valence-corrected chi connectivity index (χ3v) is 22.8. The number of imidazole rings is 6. The van der Waals surface area contributed by atoms with Crippen LogP contribution in [0.2, 0.25) is 0 Å². The van der Waals surface area contributed by atoms with E-state index < -0.39 is 0 Å². The number of para-hydroxylation sites is 14. The Bertz CT molecular complexity index is 7590. The van der Waals surface area contributed by atoms with E-state index in [1.165, 1.54) is 110 Å². The number of aromatic nitrogens is 12. The average Bonchev–Trinajstić information content (AvgIpc) is 1.23. The van der Waals surface area contributed by atoms with Crippen LogP contribution < -0.4 is 0 Å². The van der Waals surface area contributed by atoms with Gasteiger partial charge in [0.05, 0.1) is 82.8 Å². The lowest BCUT2D eigenvalue weighted by Crippen LogP contribution is -2.22. The molecule has 9 aromatic heterocycles. The van der Waals surface area contributed by atoms with E-state index in [-0.39, 0.29) is 22.2 Å². The van der Waals surface area contributed by atoms with Gasteiger partial charge in [-0.25, -0.2) is 15.0 Å². The molecule has 12 nitrogen and oxygen atoms in total. The third-order valence-electron chi connectivity index (χ3n) is 22.8. The van der Waals surface area contributed by atoms with Crippen molar-refractivity contribution in [3.05, 3.63) is 328 Å². The fourth-order valence-electron chi connectivity index (χ4n) is 18.4. The number of nitrogens with zero attached hydrogens (tertiary/aromatic N) is 12. The predicted molar refractivity (Wildman–Crippen MR) is 484 cm³/mol. The molecule has 0 spiro atoms. The topological polar surface area (TPSA) is 81.5 Å². The first kappa shape index (κ1) is 70.4. The summed E-state index contributed by atoms with van der Waals surface area (Å²) in [5.41, 5.74) is 28.3. The Labute approximate surface area is 666 Å². The number of hydrogen-bond donors (Lipinski definition) is 0. The Kier molecular flexibility index (Phi) is 16.2. The average molecular weight is 1500 g/mol. The van der Waals surface area contributed by atoms with Gasteiger partial charge < -0.3 is 18.3 Å². The smallest absolute Gasteiger partial charge is 0.220 e. The highest BCUT2D eigenvalue weighted by molar-refractivity contribution is 6.20. The Hall–Kier alpha value is -13.7. The largest absolute Gasteiger partial charge is 0.334 e. The molecule has 0 fully saturated rings. The quantitative estimate of drug-likeness (QED) is 0.176. The van der Waals surface area contributed by atoms with Crippen molar-refractivity contribution in [1.82, 2.24) is 55.6 Å². The van der Waals surface area contributed by atoms with Crippen molar-refractivity contribution >= 4 is 149 Å². The molecule has 0 N–H and O–H groups in total. The molecular weight excluding hydrogens is 1410 g/mol. The highest BCUT2D eigenvalue weighted by Gasteiger charge is 2.31. The van der Waals surface area contributed by atoms with E-state index >= 15 is 0 Å². The summed E-state index contributed by atoms with van der Waals surface area (Å²) in [5.74, 6) is 2.89. The van der Waals surface area contributed by atoms with Gasteiger partial charge in [-0.15, -0.1) is 0 Å². The van der Waals surface area contributed by atoms with E-state index in [4.69, 9.17) is 15.0 Å². The third kappa shape index (κ3) is 11.2. The van der Waals surface area contributed by atoms with Crippen LogP contribution in [0.15, 0.2) is 328 Å². The summed E-state index contributed by atoms with van der Waals surface area (Å²) in [7, 11) is 0. The minimum Gasteiger partial charge on any atom is -0.334 e. The molecule has 12 heteroatoms. The van der Waals surface area contributed by atoms with E-state index in [0.717, 1.165) is 72.8 Å². The molecule has 0 unspecified atom stereocenters. The molecular formula is C103H90N12. The first-order valence-corrected chi connectivity index (χ1v) is 40.0. The maximum Gasteiger partial charge on any atom is 0.220 e. The van der Waals surface area contributed by atoms with Crippen LogP contribution in [0.3, 0.4) is 0 Å². The molecule has 0 amide bonds. The molecule has 0 bridgehead atoms. The van der Waals surface area contributed by atoms with Gasteiger partial charge >= 0.3 is 0 Å². The number of benzene rings is 14. The van der Waals surface area contributed by atoms with Gasteiger partial charge in [0.2, 0.25) is 17.3 Å². The van der Waals surface area contributed by atoms with Crippen LogP contribution >= 0.6 is 0 Å². The molecule has 0 saturated heterocycles. The summed E-state index contributed by atoms with van der Waals surface area (Å²) in [6.45, 7) is 27.2. The minimum atomic E-state index is -0.0857. The van der Waals surface area contributed by atoms with Gasteiger partial charge in [-0.3, -0.25) is 22.3 Å². The molecule has 0 aliphatic carbocycles. The SMILES string of the molecule is CC(C)(C)n1c2c(-c3ccccc3)cccc2c2cccc(-c3ccccc3)c21.CC(C)(C)n1c2ccccc2c2ccc3c(nc4n(-c5ccccc5)c5ccccc5n34)c21.CC(C)(C)n1c2ccccc2c2ccc3nc4n(-c5ccccc5)c5ccccc5n4c3c21.CC(C)(C)n1c2ccccc2n2c3ccccc3nc12. The molecule has 23 rings (SSSR count). The van der Waals surface area contributed by atoms with Crippen molar-refractivity contribution in [3.8, 4) is 33.6 Å². The van der Waals surface area contributed by atoms with E-state index in [2.05, 4.69) is 445 Å². The van der Waals surface area contributed by atoms with E-state index in [1.54, 1.807) is 0 Å². The second kappa shape index (κ2) is 26.5. The first-order valence-electron chi connectivity index (χ1n) is 40.0. The van der Waals surface area contributed by atoms with Crippen molar-refractivity contribution in [3.63, 3.8) is 0 Å². The lowest BCUT2D eigenvalue weighted by atomic mass is 10.0. The summed E-state index contributed by atoms with van der Waals surface area (Å²) < 4.78 is 21.3. The van der Waals surface area contributed by atoms with E-state index in [9.17, 15) is 0 Å². The van der Waals surface area contributed by atoms with Gasteiger partial charge in [-0.1, -0.05) is 218 Å². The molecule has 0 radical (unpaired) electrons. The Morgan fingerprint density at radius 3 is 1.06 bits per heavy atom. The second-order valence-electron chi connectivity index (χ2n) is 34.4. The van der Waals surface area contributed by atoms with Crippen LogP contribution in [0.1, 0.15) is 83.1 Å². The summed E-state index contributed by atoms with van der Waals surface area (Å²) in [5, 5.41) is 7.71. The van der Waals surface area contributed by atoms with Gasteiger partial charge in [-0.2, -0.15) is 0 Å². The van der Waals surface area contributed by atoms with E-state index in [1.807, 2.05) is 6.07 Å². The molecule has 115 heavy (non-hydrogen) atoms. The zero-order valence-electron chi connectivity index (χ0n) is 67.0. The molecule has 0 atom stereocenters. The summed E-state index contributed by atoms with van der Waals surface area (Å²) in [6.07, 6.45) is 0. The maximum atomic E-state index is 5.33. The predicted octanol–water partition coefficient (Wildman–Crippen LogP) is 26.7. The van der Waals surface area contributed by atoms with Crippen molar-refractivity contribution in [2.24, 2.45) is 0 Å². The molecule has 23 aromatic rings. The maximum absolute atomic E-state index is 5.33. The van der Waals surface area contributed by atoms with Gasteiger partial charge in [0.1, 0.15) is 5.52 Å².